The second kappa shape index (κ2) is 9.13. The number of nitrogens with two attached hydrogens (primary N) is 1. The van der Waals surface area contributed by atoms with Crippen LogP contribution >= 0.6 is 12.4 Å². The second-order valence-corrected chi connectivity index (χ2v) is 6.97. The van der Waals surface area contributed by atoms with E-state index in [4.69, 9.17) is 10.3 Å². The molecule has 5 nitrogen and oxygen atoms in total. The van der Waals surface area contributed by atoms with Gasteiger partial charge >= 0.3 is 0 Å². The molecule has 0 bridgehead atoms. The molecule has 1 saturated heterocycles. The molecule has 6 heteroatoms. The molecule has 0 spiro atoms. The fourth-order valence-corrected chi connectivity index (χ4v) is 3.64. The van der Waals surface area contributed by atoms with E-state index >= 15 is 0 Å². The van der Waals surface area contributed by atoms with Gasteiger partial charge < -0.3 is 10.3 Å². The fraction of sp³-hybridized carbons (Fsp3) is 0.333. The average molecular weight is 385 g/mol. The predicted molar refractivity (Wildman–Crippen MR) is 108 cm³/mol. The predicted octanol–water partition coefficient (Wildman–Crippen LogP) is 3.20. The Labute approximate surface area is 166 Å². The van der Waals surface area contributed by atoms with Crippen molar-refractivity contribution >= 4 is 12.4 Å². The molecule has 0 radical (unpaired) electrons. The van der Waals surface area contributed by atoms with Gasteiger partial charge in [0.2, 0.25) is 5.89 Å². The second-order valence-electron chi connectivity index (χ2n) is 6.97. The van der Waals surface area contributed by atoms with Crippen LogP contribution in [0.1, 0.15) is 28.8 Å². The third-order valence-electron chi connectivity index (χ3n) is 5.02. The Bertz CT molecular complexity index is 824. The summed E-state index contributed by atoms with van der Waals surface area (Å²) in [6, 6.07) is 21.0. The number of likely N-dealkylation sites (tertiary alicyclic amines) is 1. The van der Waals surface area contributed by atoms with Gasteiger partial charge in [-0.1, -0.05) is 65.8 Å². The van der Waals surface area contributed by atoms with E-state index in [9.17, 15) is 0 Å². The van der Waals surface area contributed by atoms with Gasteiger partial charge in [0, 0.05) is 31.5 Å². The standard InChI is InChI=1S/C21H24N4O.ClH/c22-19-14-25(13-18(19)17-9-5-2-6-10-17)15-21-23-20(24-26-21)12-11-16-7-3-1-4-8-16;/h1-10,18-19H,11-15,22H2;1H/t18-,19+;/m0./s1. The zero-order valence-corrected chi connectivity index (χ0v) is 16.0. The minimum absolute atomic E-state index is 0. The first-order valence-corrected chi connectivity index (χ1v) is 9.16. The van der Waals surface area contributed by atoms with Crippen LogP contribution in [0.4, 0.5) is 0 Å². The van der Waals surface area contributed by atoms with Crippen molar-refractivity contribution in [2.75, 3.05) is 13.1 Å². The van der Waals surface area contributed by atoms with E-state index in [1.807, 2.05) is 12.1 Å². The third-order valence-corrected chi connectivity index (χ3v) is 5.02. The van der Waals surface area contributed by atoms with Crippen molar-refractivity contribution in [2.24, 2.45) is 5.73 Å². The normalized spacial score (nSPS) is 19.7. The Morgan fingerprint density at radius 1 is 0.963 bits per heavy atom. The molecular formula is C21H25ClN4O. The Hall–Kier alpha value is -2.21. The topological polar surface area (TPSA) is 68.2 Å². The number of hydrogen-bond acceptors (Lipinski definition) is 5. The number of hydrogen-bond donors (Lipinski definition) is 1. The van der Waals surface area contributed by atoms with Crippen molar-refractivity contribution in [3.05, 3.63) is 83.5 Å². The Kier molecular flexibility index (Phi) is 6.61. The molecule has 142 valence electrons. The minimum atomic E-state index is 0. The lowest BCUT2D eigenvalue weighted by atomic mass is 9.95. The highest BCUT2D eigenvalue weighted by Gasteiger charge is 2.31. The highest BCUT2D eigenvalue weighted by molar-refractivity contribution is 5.85. The Morgan fingerprint density at radius 3 is 2.41 bits per heavy atom. The van der Waals surface area contributed by atoms with E-state index in [1.165, 1.54) is 11.1 Å². The Balaban J connectivity index is 0.00000210. The highest BCUT2D eigenvalue weighted by atomic mass is 35.5. The van der Waals surface area contributed by atoms with E-state index in [0.717, 1.165) is 31.8 Å². The number of aryl methyl sites for hydroxylation is 2. The van der Waals surface area contributed by atoms with Gasteiger partial charge in [0.15, 0.2) is 5.82 Å². The van der Waals surface area contributed by atoms with Crippen molar-refractivity contribution < 1.29 is 4.52 Å². The van der Waals surface area contributed by atoms with Crippen LogP contribution in [0.3, 0.4) is 0 Å². The van der Waals surface area contributed by atoms with Gasteiger partial charge in [-0.2, -0.15) is 4.98 Å². The van der Waals surface area contributed by atoms with Crippen LogP contribution < -0.4 is 5.73 Å². The first kappa shape index (κ1) is 19.5. The van der Waals surface area contributed by atoms with Gasteiger partial charge in [0.25, 0.3) is 0 Å². The van der Waals surface area contributed by atoms with Gasteiger partial charge in [-0.05, 0) is 17.5 Å². The lowest BCUT2D eigenvalue weighted by molar-refractivity contribution is 0.263. The molecule has 1 aliphatic heterocycles. The van der Waals surface area contributed by atoms with Crippen LogP contribution in [0.25, 0.3) is 0 Å². The number of aromatic nitrogens is 2. The molecule has 2 heterocycles. The molecule has 1 aromatic heterocycles. The van der Waals surface area contributed by atoms with Crippen LogP contribution in [0.15, 0.2) is 65.2 Å². The zero-order valence-electron chi connectivity index (χ0n) is 15.2. The van der Waals surface area contributed by atoms with Crippen molar-refractivity contribution in [3.63, 3.8) is 0 Å². The molecule has 0 unspecified atom stereocenters. The minimum Gasteiger partial charge on any atom is -0.338 e. The molecule has 27 heavy (non-hydrogen) atoms. The van der Waals surface area contributed by atoms with E-state index < -0.39 is 0 Å². The fourth-order valence-electron chi connectivity index (χ4n) is 3.64. The van der Waals surface area contributed by atoms with Crippen molar-refractivity contribution in [3.8, 4) is 0 Å². The van der Waals surface area contributed by atoms with Crippen LogP contribution in [0.5, 0.6) is 0 Å². The summed E-state index contributed by atoms with van der Waals surface area (Å²) < 4.78 is 5.45. The first-order chi connectivity index (χ1) is 12.8. The SMILES string of the molecule is Cl.N[C@@H]1CN(Cc2nc(CCc3ccccc3)no2)C[C@H]1c1ccccc1. The summed E-state index contributed by atoms with van der Waals surface area (Å²) in [7, 11) is 0. The summed E-state index contributed by atoms with van der Waals surface area (Å²) in [6.07, 6.45) is 1.71. The molecule has 1 aliphatic rings. The summed E-state index contributed by atoms with van der Waals surface area (Å²) >= 11 is 0. The molecule has 0 aliphatic carbocycles. The summed E-state index contributed by atoms with van der Waals surface area (Å²) in [5.41, 5.74) is 8.95. The number of rotatable bonds is 6. The summed E-state index contributed by atoms with van der Waals surface area (Å²) in [5.74, 6) is 1.80. The molecule has 0 amide bonds. The lowest BCUT2D eigenvalue weighted by Gasteiger charge is -2.14. The van der Waals surface area contributed by atoms with Gasteiger partial charge in [-0.3, -0.25) is 4.90 Å². The molecular weight excluding hydrogens is 360 g/mol. The molecule has 2 N–H and O–H groups in total. The van der Waals surface area contributed by atoms with Gasteiger partial charge in [0.1, 0.15) is 0 Å². The monoisotopic (exact) mass is 384 g/mol. The van der Waals surface area contributed by atoms with E-state index in [-0.39, 0.29) is 18.4 Å². The maximum atomic E-state index is 6.36. The Morgan fingerprint density at radius 2 is 1.67 bits per heavy atom. The number of benzene rings is 2. The van der Waals surface area contributed by atoms with Crippen molar-refractivity contribution in [1.82, 2.24) is 15.0 Å². The molecule has 4 rings (SSSR count). The van der Waals surface area contributed by atoms with E-state index in [2.05, 4.69) is 63.6 Å². The maximum Gasteiger partial charge on any atom is 0.240 e. The molecule has 2 atom stereocenters. The smallest absolute Gasteiger partial charge is 0.240 e. The van der Waals surface area contributed by atoms with Gasteiger partial charge in [0.05, 0.1) is 6.54 Å². The molecule has 1 fully saturated rings. The third kappa shape index (κ3) is 4.95. The summed E-state index contributed by atoms with van der Waals surface area (Å²) in [5, 5.41) is 4.13. The van der Waals surface area contributed by atoms with Crippen molar-refractivity contribution in [1.29, 1.82) is 0 Å². The quantitative estimate of drug-likeness (QED) is 0.706. The largest absolute Gasteiger partial charge is 0.338 e. The van der Waals surface area contributed by atoms with E-state index in [0.29, 0.717) is 18.4 Å². The van der Waals surface area contributed by atoms with Gasteiger partial charge in [-0.15, -0.1) is 12.4 Å². The molecule has 2 aromatic carbocycles. The van der Waals surface area contributed by atoms with Crippen molar-refractivity contribution in [2.45, 2.75) is 31.3 Å². The molecule has 0 saturated carbocycles. The number of halogens is 1. The van der Waals surface area contributed by atoms with Crippen LogP contribution in [0, 0.1) is 0 Å². The average Bonchev–Trinajstić information content (AvgIpc) is 3.28. The van der Waals surface area contributed by atoms with Crippen LogP contribution in [-0.2, 0) is 19.4 Å². The van der Waals surface area contributed by atoms with Crippen LogP contribution in [-0.4, -0.2) is 34.2 Å². The lowest BCUT2D eigenvalue weighted by Crippen LogP contribution is -2.28. The summed E-state index contributed by atoms with van der Waals surface area (Å²) in [4.78, 5) is 6.85. The van der Waals surface area contributed by atoms with E-state index in [1.54, 1.807) is 0 Å². The van der Waals surface area contributed by atoms with Crippen LogP contribution in [0.2, 0.25) is 0 Å². The maximum absolute atomic E-state index is 6.36. The summed E-state index contributed by atoms with van der Waals surface area (Å²) in [6.45, 7) is 2.43. The number of nitrogens with zero attached hydrogens (tertiary/aromatic N) is 3. The van der Waals surface area contributed by atoms with Gasteiger partial charge in [-0.25, -0.2) is 0 Å². The zero-order chi connectivity index (χ0) is 17.8. The highest BCUT2D eigenvalue weighted by Crippen LogP contribution is 2.27. The first-order valence-electron chi connectivity index (χ1n) is 9.16. The molecule has 3 aromatic rings.